The van der Waals surface area contributed by atoms with E-state index in [0.717, 1.165) is 30.4 Å². The molecule has 0 N–H and O–H groups in total. The lowest BCUT2D eigenvalue weighted by atomic mass is 9.81. The first kappa shape index (κ1) is 20.6. The number of hydrogen-bond donors (Lipinski definition) is 0. The van der Waals surface area contributed by atoms with Crippen molar-refractivity contribution in [3.63, 3.8) is 0 Å². The number of amides is 2. The van der Waals surface area contributed by atoms with E-state index in [1.54, 1.807) is 12.1 Å². The van der Waals surface area contributed by atoms with Crippen LogP contribution in [0.3, 0.4) is 0 Å². The van der Waals surface area contributed by atoms with Crippen molar-refractivity contribution < 1.29 is 23.9 Å². The van der Waals surface area contributed by atoms with Gasteiger partial charge in [0, 0.05) is 12.1 Å². The number of hydrogen-bond acceptors (Lipinski definition) is 5. The van der Waals surface area contributed by atoms with Crippen molar-refractivity contribution >= 4 is 23.6 Å². The molecule has 0 aromatic heterocycles. The molecule has 3 fully saturated rings. The molecule has 2 aliphatic carbocycles. The summed E-state index contributed by atoms with van der Waals surface area (Å²) < 4.78 is 5.11. The molecule has 2 aromatic rings. The van der Waals surface area contributed by atoms with E-state index in [4.69, 9.17) is 4.74 Å². The van der Waals surface area contributed by atoms with Crippen molar-refractivity contribution in [3.8, 4) is 11.1 Å². The molecule has 2 aromatic carbocycles. The first-order chi connectivity index (χ1) is 15.5. The molecule has 1 saturated heterocycles. The Morgan fingerprint density at radius 1 is 0.844 bits per heavy atom. The van der Waals surface area contributed by atoms with Gasteiger partial charge < -0.3 is 4.74 Å². The standard InChI is InChI=1S/C26H25NO5/c28-21(18-8-6-17(7-9-18)16-4-2-1-3-5-16)15-32-22(29)12-13-27-25(30)23-19-10-11-20(14-19)24(23)26(27)31/h1-9,19-20,23-24H,10-15H2/t19-,20-,23+,24+/m0/s1. The van der Waals surface area contributed by atoms with Crippen molar-refractivity contribution in [2.24, 2.45) is 23.7 Å². The van der Waals surface area contributed by atoms with E-state index in [-0.39, 0.29) is 49.0 Å². The molecule has 2 bridgehead atoms. The number of likely N-dealkylation sites (tertiary alicyclic amines) is 1. The number of Topliss-reactive ketones (excluding diaryl/α,β-unsaturated/α-hetero) is 1. The molecule has 4 atom stereocenters. The molecule has 0 unspecified atom stereocenters. The van der Waals surface area contributed by atoms with Gasteiger partial charge in [-0.15, -0.1) is 0 Å². The highest BCUT2D eigenvalue weighted by atomic mass is 16.5. The lowest BCUT2D eigenvalue weighted by molar-refractivity contribution is -0.145. The van der Waals surface area contributed by atoms with Gasteiger partial charge in [-0.05, 0) is 42.2 Å². The number of ketones is 1. The summed E-state index contributed by atoms with van der Waals surface area (Å²) in [4.78, 5) is 51.1. The average Bonchev–Trinajstić information content (AvgIpc) is 3.51. The van der Waals surface area contributed by atoms with E-state index in [0.29, 0.717) is 17.4 Å². The highest BCUT2D eigenvalue weighted by molar-refractivity contribution is 6.06. The van der Waals surface area contributed by atoms with Gasteiger partial charge in [0.05, 0.1) is 18.3 Å². The monoisotopic (exact) mass is 431 g/mol. The lowest BCUT2D eigenvalue weighted by Crippen LogP contribution is -2.35. The van der Waals surface area contributed by atoms with Gasteiger partial charge in [0.15, 0.2) is 12.4 Å². The van der Waals surface area contributed by atoms with Crippen LogP contribution in [-0.4, -0.2) is 41.6 Å². The summed E-state index contributed by atoms with van der Waals surface area (Å²) in [6.07, 6.45) is 2.94. The van der Waals surface area contributed by atoms with E-state index in [1.165, 1.54) is 4.90 Å². The minimum Gasteiger partial charge on any atom is -0.457 e. The van der Waals surface area contributed by atoms with Crippen LogP contribution in [0.1, 0.15) is 36.0 Å². The molecule has 0 radical (unpaired) electrons. The zero-order chi connectivity index (χ0) is 22.2. The Morgan fingerprint density at radius 3 is 2.06 bits per heavy atom. The summed E-state index contributed by atoms with van der Waals surface area (Å²) in [6, 6.07) is 17.0. The van der Waals surface area contributed by atoms with Gasteiger partial charge in [0.1, 0.15) is 0 Å². The Bertz CT molecular complexity index is 1030. The van der Waals surface area contributed by atoms with Crippen LogP contribution < -0.4 is 0 Å². The Morgan fingerprint density at radius 2 is 1.44 bits per heavy atom. The fraction of sp³-hybridized carbons (Fsp3) is 0.385. The number of ether oxygens (including phenoxy) is 1. The van der Waals surface area contributed by atoms with Crippen LogP contribution in [0.25, 0.3) is 11.1 Å². The fourth-order valence-corrected chi connectivity index (χ4v) is 5.67. The van der Waals surface area contributed by atoms with Crippen molar-refractivity contribution in [2.75, 3.05) is 13.2 Å². The van der Waals surface area contributed by atoms with Gasteiger partial charge in [0.2, 0.25) is 11.8 Å². The molecule has 2 amide bonds. The number of rotatable bonds is 7. The predicted octanol–water partition coefficient (Wildman–Crippen LogP) is 3.50. The molecular weight excluding hydrogens is 406 g/mol. The third-order valence-electron chi connectivity index (χ3n) is 7.24. The number of benzene rings is 2. The number of esters is 1. The van der Waals surface area contributed by atoms with E-state index in [2.05, 4.69) is 0 Å². The SMILES string of the molecule is O=C(CCN1C(=O)[C@@H]2[C@H]3CC[C@@H](C3)[C@H]2C1=O)OCC(=O)c1ccc(-c2ccccc2)cc1. The molecule has 164 valence electrons. The van der Waals surface area contributed by atoms with E-state index < -0.39 is 5.97 Å². The molecule has 1 aliphatic heterocycles. The Kier molecular flexibility index (Phi) is 5.37. The molecule has 1 heterocycles. The van der Waals surface area contributed by atoms with Crippen LogP contribution >= 0.6 is 0 Å². The van der Waals surface area contributed by atoms with Gasteiger partial charge in [-0.2, -0.15) is 0 Å². The molecule has 5 rings (SSSR count). The second-order valence-electron chi connectivity index (χ2n) is 8.99. The summed E-state index contributed by atoms with van der Waals surface area (Å²) in [5.74, 6) is -0.856. The first-order valence-electron chi connectivity index (χ1n) is 11.2. The third-order valence-corrected chi connectivity index (χ3v) is 7.24. The van der Waals surface area contributed by atoms with Crippen molar-refractivity contribution in [3.05, 3.63) is 60.2 Å². The first-order valence-corrected chi connectivity index (χ1v) is 11.2. The number of carbonyl (C=O) groups is 4. The van der Waals surface area contributed by atoms with Gasteiger partial charge in [-0.25, -0.2) is 0 Å². The number of imide groups is 1. The maximum Gasteiger partial charge on any atom is 0.308 e. The second-order valence-corrected chi connectivity index (χ2v) is 8.99. The predicted molar refractivity (Wildman–Crippen MR) is 116 cm³/mol. The number of nitrogens with zero attached hydrogens (tertiary/aromatic N) is 1. The highest BCUT2D eigenvalue weighted by Crippen LogP contribution is 2.56. The van der Waals surface area contributed by atoms with Crippen LogP contribution in [0.2, 0.25) is 0 Å². The van der Waals surface area contributed by atoms with Crippen molar-refractivity contribution in [1.82, 2.24) is 4.90 Å². The summed E-state index contributed by atoms with van der Waals surface area (Å²) in [5.41, 5.74) is 2.52. The minimum absolute atomic E-state index is 0.0307. The Labute approximate surface area is 186 Å². The highest BCUT2D eigenvalue weighted by Gasteiger charge is 2.60. The van der Waals surface area contributed by atoms with Crippen LogP contribution in [-0.2, 0) is 19.1 Å². The van der Waals surface area contributed by atoms with Crippen LogP contribution in [0.4, 0.5) is 0 Å². The second kappa shape index (κ2) is 8.34. The molecule has 6 nitrogen and oxygen atoms in total. The van der Waals surface area contributed by atoms with Gasteiger partial charge in [-0.1, -0.05) is 54.6 Å². The molecular formula is C26H25NO5. The molecule has 6 heteroatoms. The number of fused-ring (bicyclic) bond motifs is 5. The summed E-state index contributed by atoms with van der Waals surface area (Å²) in [5, 5.41) is 0. The molecule has 3 aliphatic rings. The zero-order valence-corrected chi connectivity index (χ0v) is 17.7. The Hall–Kier alpha value is -3.28. The normalized spacial score (nSPS) is 25.8. The van der Waals surface area contributed by atoms with Crippen molar-refractivity contribution in [1.29, 1.82) is 0 Å². The summed E-state index contributed by atoms with van der Waals surface area (Å²) in [6.45, 7) is -0.330. The maximum absolute atomic E-state index is 12.7. The minimum atomic E-state index is -0.583. The van der Waals surface area contributed by atoms with Crippen LogP contribution in [0.15, 0.2) is 54.6 Å². The smallest absolute Gasteiger partial charge is 0.308 e. The van der Waals surface area contributed by atoms with Crippen LogP contribution in [0, 0.1) is 23.7 Å². The van der Waals surface area contributed by atoms with Gasteiger partial charge in [0.25, 0.3) is 0 Å². The van der Waals surface area contributed by atoms with E-state index in [9.17, 15) is 19.2 Å². The molecule has 0 spiro atoms. The molecule has 2 saturated carbocycles. The summed E-state index contributed by atoms with van der Waals surface area (Å²) >= 11 is 0. The number of carbonyl (C=O) groups excluding carboxylic acids is 4. The Balaban J connectivity index is 1.11. The molecule has 32 heavy (non-hydrogen) atoms. The third kappa shape index (κ3) is 3.64. The quantitative estimate of drug-likeness (QED) is 0.381. The van der Waals surface area contributed by atoms with E-state index in [1.807, 2.05) is 42.5 Å². The van der Waals surface area contributed by atoms with Crippen LogP contribution in [0.5, 0.6) is 0 Å². The lowest BCUT2D eigenvalue weighted by Gasteiger charge is -2.19. The van der Waals surface area contributed by atoms with Crippen molar-refractivity contribution in [2.45, 2.75) is 25.7 Å². The van der Waals surface area contributed by atoms with E-state index >= 15 is 0 Å². The largest absolute Gasteiger partial charge is 0.457 e. The van der Waals surface area contributed by atoms with Gasteiger partial charge >= 0.3 is 5.97 Å². The maximum atomic E-state index is 12.7. The zero-order valence-electron chi connectivity index (χ0n) is 17.7. The average molecular weight is 431 g/mol. The fourth-order valence-electron chi connectivity index (χ4n) is 5.67. The summed E-state index contributed by atoms with van der Waals surface area (Å²) in [7, 11) is 0. The van der Waals surface area contributed by atoms with Gasteiger partial charge in [-0.3, -0.25) is 24.1 Å². The topological polar surface area (TPSA) is 80.8 Å².